The summed E-state index contributed by atoms with van der Waals surface area (Å²) in [5.41, 5.74) is -0.0523. The number of aromatic hydroxyl groups is 1. The Morgan fingerprint density at radius 3 is 2.72 bits per heavy atom. The van der Waals surface area contributed by atoms with Crippen LogP contribution in [0.25, 0.3) is 11.3 Å². The average molecular weight is 520 g/mol. The van der Waals surface area contributed by atoms with Crippen LogP contribution in [0.4, 0.5) is 15.0 Å². The summed E-state index contributed by atoms with van der Waals surface area (Å²) in [5.74, 6) is -1.08. The summed E-state index contributed by atoms with van der Waals surface area (Å²) in [5, 5.41) is 23.2. The van der Waals surface area contributed by atoms with E-state index in [1.54, 1.807) is 4.90 Å². The van der Waals surface area contributed by atoms with Gasteiger partial charge < -0.3 is 35.0 Å². The Balaban J connectivity index is 1.70. The maximum absolute atomic E-state index is 14.9. The number of nitrogens with one attached hydrogen (secondary N) is 1. The molecule has 10 nitrogen and oxygen atoms in total. The molecular weight excluding hydrogens is 493 g/mol. The van der Waals surface area contributed by atoms with Crippen molar-refractivity contribution in [3.63, 3.8) is 0 Å². The first-order chi connectivity index (χ1) is 17.2. The van der Waals surface area contributed by atoms with Crippen molar-refractivity contribution in [3.05, 3.63) is 34.6 Å². The number of phenolic OH excluding ortho intramolecular Hbond substituents is 1. The number of piperazine rings is 2. The van der Waals surface area contributed by atoms with Crippen molar-refractivity contribution in [1.29, 1.82) is 0 Å². The number of fused-ring (bicyclic) bond motifs is 2. The van der Waals surface area contributed by atoms with E-state index >= 15 is 0 Å². The van der Waals surface area contributed by atoms with Crippen molar-refractivity contribution in [2.75, 3.05) is 44.2 Å². The second-order valence-electron chi connectivity index (χ2n) is 9.30. The number of benzene rings is 1. The van der Waals surface area contributed by atoms with Gasteiger partial charge in [-0.1, -0.05) is 17.7 Å². The monoisotopic (exact) mass is 519 g/mol. The van der Waals surface area contributed by atoms with E-state index in [0.29, 0.717) is 18.9 Å². The third kappa shape index (κ3) is 3.96. The molecule has 192 valence electrons. The van der Waals surface area contributed by atoms with E-state index < -0.39 is 18.0 Å². The molecule has 0 aliphatic carbocycles. The lowest BCUT2D eigenvalue weighted by atomic mass is 10.0. The van der Waals surface area contributed by atoms with Crippen LogP contribution in [0.3, 0.4) is 0 Å². The van der Waals surface area contributed by atoms with Crippen LogP contribution >= 0.6 is 11.6 Å². The first-order valence-electron chi connectivity index (χ1n) is 11.8. The van der Waals surface area contributed by atoms with Crippen LogP contribution in [-0.4, -0.2) is 94.5 Å². The predicted molar refractivity (Wildman–Crippen MR) is 130 cm³/mol. The van der Waals surface area contributed by atoms with Crippen LogP contribution in [0.2, 0.25) is 5.02 Å². The van der Waals surface area contributed by atoms with Gasteiger partial charge in [-0.05, 0) is 26.0 Å². The number of anilines is 1. The van der Waals surface area contributed by atoms with E-state index in [9.17, 15) is 24.2 Å². The smallest absolute Gasteiger partial charge is 0.407 e. The van der Waals surface area contributed by atoms with Gasteiger partial charge in [0.1, 0.15) is 40.3 Å². The van der Waals surface area contributed by atoms with Crippen molar-refractivity contribution >= 4 is 29.4 Å². The van der Waals surface area contributed by atoms with Gasteiger partial charge in [-0.3, -0.25) is 4.79 Å². The number of ether oxygens (including phenoxy) is 1. The van der Waals surface area contributed by atoms with Crippen molar-refractivity contribution in [2.45, 2.75) is 32.0 Å². The molecule has 4 heterocycles. The van der Waals surface area contributed by atoms with Crippen molar-refractivity contribution in [1.82, 2.24) is 20.1 Å². The summed E-state index contributed by atoms with van der Waals surface area (Å²) in [4.78, 5) is 35.0. The maximum atomic E-state index is 14.9. The van der Waals surface area contributed by atoms with Crippen LogP contribution in [0.5, 0.6) is 11.5 Å². The Kier molecular flexibility index (Phi) is 6.29. The number of aromatic nitrogens is 1. The average Bonchev–Trinajstić information content (AvgIpc) is 2.99. The number of nitrogens with zero attached hydrogens (tertiary/aromatic N) is 4. The number of phenols is 1. The molecule has 0 spiro atoms. The molecule has 2 fully saturated rings. The Bertz CT molecular complexity index is 1210. The molecule has 1 aromatic carbocycles. The summed E-state index contributed by atoms with van der Waals surface area (Å²) in [6.07, 6.45) is -1.06. The van der Waals surface area contributed by atoms with Crippen LogP contribution in [0.15, 0.2) is 18.2 Å². The van der Waals surface area contributed by atoms with E-state index in [1.165, 1.54) is 23.1 Å². The number of halogens is 2. The summed E-state index contributed by atoms with van der Waals surface area (Å²) >= 11 is 6.72. The minimum atomic E-state index is -1.06. The largest absolute Gasteiger partial charge is 0.507 e. The molecule has 2 aromatic rings. The fourth-order valence-corrected chi connectivity index (χ4v) is 5.38. The zero-order valence-electron chi connectivity index (χ0n) is 19.9. The normalized spacial score (nSPS) is 24.1. The fourth-order valence-electron chi connectivity index (χ4n) is 5.10. The van der Waals surface area contributed by atoms with E-state index in [0.717, 1.165) is 0 Å². The van der Waals surface area contributed by atoms with Crippen LogP contribution in [0, 0.1) is 5.82 Å². The summed E-state index contributed by atoms with van der Waals surface area (Å²) < 4.78 is 21.0. The first-order valence-corrected chi connectivity index (χ1v) is 12.2. The molecule has 0 radical (unpaired) electrons. The van der Waals surface area contributed by atoms with Crippen LogP contribution in [-0.2, 0) is 0 Å². The van der Waals surface area contributed by atoms with Gasteiger partial charge in [0, 0.05) is 44.8 Å². The van der Waals surface area contributed by atoms with E-state index in [4.69, 9.17) is 21.3 Å². The summed E-state index contributed by atoms with van der Waals surface area (Å²) in [6, 6.07) is 3.38. The third-order valence-electron chi connectivity index (χ3n) is 7.26. The van der Waals surface area contributed by atoms with Gasteiger partial charge in [0.05, 0.1) is 11.6 Å². The molecule has 0 saturated carbocycles. The molecule has 0 bridgehead atoms. The van der Waals surface area contributed by atoms with Crippen molar-refractivity contribution in [2.24, 2.45) is 0 Å². The highest BCUT2D eigenvalue weighted by molar-refractivity contribution is 6.35. The highest BCUT2D eigenvalue weighted by Gasteiger charge is 2.42. The molecule has 36 heavy (non-hydrogen) atoms. The number of rotatable bonds is 2. The van der Waals surface area contributed by atoms with Gasteiger partial charge in [-0.15, -0.1) is 0 Å². The van der Waals surface area contributed by atoms with E-state index in [2.05, 4.69) is 5.32 Å². The molecule has 3 N–H and O–H groups in total. The lowest BCUT2D eigenvalue weighted by molar-refractivity contribution is 0.0390. The topological polar surface area (TPSA) is 118 Å². The number of pyridine rings is 1. The molecule has 3 atom stereocenters. The highest BCUT2D eigenvalue weighted by atomic mass is 35.5. The van der Waals surface area contributed by atoms with Gasteiger partial charge in [0.25, 0.3) is 5.91 Å². The van der Waals surface area contributed by atoms with E-state index in [-0.39, 0.29) is 77.6 Å². The zero-order valence-corrected chi connectivity index (χ0v) is 20.6. The standard InChI is InChI=1S/C24H27ClFN5O5/c1-12-13(2)30(7-6-27-12)22-18-21(19(25)20(28-22)17-15(26)4-3-5-16(17)32)36-11-14-10-29(24(34)35)8-9-31(14)23(18)33/h3-5,12-14,27,32H,6-11H2,1-2H3,(H,34,35)/t12?,13?,14-/m1/s1. The SMILES string of the molecule is CC1NCCN(c2nc(-c3c(O)cccc3F)c(Cl)c3c2C(=O)N2CCN(C(=O)O)C[C@@H]2CO3)C1C. The van der Waals surface area contributed by atoms with Gasteiger partial charge in [0.15, 0.2) is 5.75 Å². The maximum Gasteiger partial charge on any atom is 0.407 e. The summed E-state index contributed by atoms with van der Waals surface area (Å²) in [6.45, 7) is 5.65. The van der Waals surface area contributed by atoms with Gasteiger partial charge in [0.2, 0.25) is 0 Å². The van der Waals surface area contributed by atoms with Crippen LogP contribution in [0.1, 0.15) is 24.2 Å². The molecule has 2 amide bonds. The predicted octanol–water partition coefficient (Wildman–Crippen LogP) is 2.63. The number of amides is 2. The lowest BCUT2D eigenvalue weighted by Crippen LogP contribution is -2.58. The zero-order chi connectivity index (χ0) is 25.7. The van der Waals surface area contributed by atoms with Crippen LogP contribution < -0.4 is 15.0 Å². The fraction of sp³-hybridized carbons (Fsp3) is 0.458. The van der Waals surface area contributed by atoms with Gasteiger partial charge in [-0.2, -0.15) is 0 Å². The molecular formula is C24H27ClFN5O5. The number of carbonyl (C=O) groups is 2. The lowest BCUT2D eigenvalue weighted by Gasteiger charge is -2.41. The van der Waals surface area contributed by atoms with E-state index in [1.807, 2.05) is 18.7 Å². The summed E-state index contributed by atoms with van der Waals surface area (Å²) in [7, 11) is 0. The Morgan fingerprint density at radius 2 is 2.00 bits per heavy atom. The Hall–Kier alpha value is -3.31. The molecule has 1 aromatic heterocycles. The number of carbonyl (C=O) groups excluding carboxylic acids is 1. The van der Waals surface area contributed by atoms with Crippen molar-refractivity contribution < 1.29 is 28.9 Å². The molecule has 3 aliphatic heterocycles. The molecule has 5 rings (SSSR count). The Morgan fingerprint density at radius 1 is 1.22 bits per heavy atom. The quantitative estimate of drug-likeness (QED) is 0.554. The minimum absolute atomic E-state index is 0.00188. The molecule has 12 heteroatoms. The second-order valence-corrected chi connectivity index (χ2v) is 9.68. The van der Waals surface area contributed by atoms with Gasteiger partial charge >= 0.3 is 6.09 Å². The van der Waals surface area contributed by atoms with Gasteiger partial charge in [-0.25, -0.2) is 14.2 Å². The third-order valence-corrected chi connectivity index (χ3v) is 7.61. The highest BCUT2D eigenvalue weighted by Crippen LogP contribution is 2.46. The number of hydrogen-bond acceptors (Lipinski definition) is 7. The minimum Gasteiger partial charge on any atom is -0.507 e. The molecule has 2 unspecified atom stereocenters. The Labute approximate surface area is 212 Å². The number of carboxylic acid groups (broad SMARTS) is 1. The first kappa shape index (κ1) is 24.4. The molecule has 2 saturated heterocycles. The molecule has 3 aliphatic rings. The number of hydrogen-bond donors (Lipinski definition) is 3. The van der Waals surface area contributed by atoms with Crippen molar-refractivity contribution in [3.8, 4) is 22.8 Å². The second kappa shape index (κ2) is 9.29.